The van der Waals surface area contributed by atoms with Crippen LogP contribution in [0.1, 0.15) is 35.2 Å². The number of aryl methyl sites for hydroxylation is 1. The normalized spacial score (nSPS) is 23.7. The summed E-state index contributed by atoms with van der Waals surface area (Å²) in [7, 11) is 0. The molecule has 28 heavy (non-hydrogen) atoms. The van der Waals surface area contributed by atoms with Crippen LogP contribution in [0, 0.1) is 12.8 Å². The summed E-state index contributed by atoms with van der Waals surface area (Å²) in [6, 6.07) is 15.3. The maximum atomic E-state index is 12.8. The molecule has 7 heteroatoms. The lowest BCUT2D eigenvalue weighted by Gasteiger charge is -2.29. The number of rotatable bonds is 4. The summed E-state index contributed by atoms with van der Waals surface area (Å²) in [5.74, 6) is -0.174. The van der Waals surface area contributed by atoms with Crippen molar-refractivity contribution in [2.24, 2.45) is 5.92 Å². The molecule has 3 atom stereocenters. The zero-order valence-corrected chi connectivity index (χ0v) is 15.8. The van der Waals surface area contributed by atoms with Crippen molar-refractivity contribution in [2.45, 2.75) is 38.3 Å². The lowest BCUT2D eigenvalue weighted by Crippen LogP contribution is -2.42. The van der Waals surface area contributed by atoms with Crippen LogP contribution >= 0.6 is 0 Å². The van der Waals surface area contributed by atoms with E-state index in [1.807, 2.05) is 43.3 Å². The molecule has 2 fully saturated rings. The predicted molar refractivity (Wildman–Crippen MR) is 109 cm³/mol. The van der Waals surface area contributed by atoms with Crippen LogP contribution in [0.25, 0.3) is 0 Å². The molecule has 2 aliphatic rings. The second-order valence-corrected chi connectivity index (χ2v) is 7.48. The number of hydrogen-bond donors (Lipinski definition) is 5. The van der Waals surface area contributed by atoms with Crippen LogP contribution in [0.4, 0.5) is 11.4 Å². The third-order valence-corrected chi connectivity index (χ3v) is 5.53. The summed E-state index contributed by atoms with van der Waals surface area (Å²) in [6.07, 6.45) is 2.60. The van der Waals surface area contributed by atoms with E-state index in [2.05, 4.69) is 27.0 Å². The van der Waals surface area contributed by atoms with Gasteiger partial charge in [-0.15, -0.1) is 0 Å². The summed E-state index contributed by atoms with van der Waals surface area (Å²) >= 11 is 0. The fourth-order valence-electron chi connectivity index (χ4n) is 3.83. The number of fused-ring (bicyclic) bond motifs is 1. The van der Waals surface area contributed by atoms with Crippen molar-refractivity contribution >= 4 is 23.2 Å². The van der Waals surface area contributed by atoms with Gasteiger partial charge in [0.25, 0.3) is 5.91 Å². The molecule has 5 N–H and O–H groups in total. The molecule has 146 valence electrons. The van der Waals surface area contributed by atoms with Crippen molar-refractivity contribution in [1.82, 2.24) is 16.4 Å². The highest BCUT2D eigenvalue weighted by atomic mass is 16.2. The number of hydrazine groups is 2. The third kappa shape index (κ3) is 4.06. The lowest BCUT2D eigenvalue weighted by atomic mass is 9.82. The second kappa shape index (κ2) is 8.10. The Morgan fingerprint density at radius 1 is 0.964 bits per heavy atom. The largest absolute Gasteiger partial charge is 0.326 e. The topological polar surface area (TPSA) is 94.3 Å². The van der Waals surface area contributed by atoms with E-state index in [0.717, 1.165) is 30.5 Å². The fraction of sp³-hybridized carbons (Fsp3) is 0.333. The molecule has 7 nitrogen and oxygen atoms in total. The number of amides is 2. The molecule has 1 saturated carbocycles. The Bertz CT molecular complexity index is 870. The quantitative estimate of drug-likeness (QED) is 0.562. The Balaban J connectivity index is 1.42. The minimum atomic E-state index is -0.174. The molecule has 2 aromatic carbocycles. The van der Waals surface area contributed by atoms with Crippen LogP contribution in [0.15, 0.2) is 48.5 Å². The van der Waals surface area contributed by atoms with Gasteiger partial charge >= 0.3 is 0 Å². The van der Waals surface area contributed by atoms with Crippen LogP contribution < -0.4 is 27.0 Å². The van der Waals surface area contributed by atoms with E-state index in [-0.39, 0.29) is 23.8 Å². The Labute approximate surface area is 164 Å². The predicted octanol–water partition coefficient (Wildman–Crippen LogP) is 2.34. The van der Waals surface area contributed by atoms with Gasteiger partial charge in [-0.3, -0.25) is 9.59 Å². The molecule has 1 aliphatic carbocycles. The molecular weight excluding hydrogens is 354 g/mol. The molecule has 0 aromatic heterocycles. The van der Waals surface area contributed by atoms with Gasteiger partial charge < -0.3 is 10.6 Å². The third-order valence-electron chi connectivity index (χ3n) is 5.53. The van der Waals surface area contributed by atoms with Crippen LogP contribution in [0.5, 0.6) is 0 Å². The van der Waals surface area contributed by atoms with Gasteiger partial charge in [0.2, 0.25) is 5.91 Å². The van der Waals surface area contributed by atoms with Gasteiger partial charge in [-0.2, -0.15) is 5.53 Å². The van der Waals surface area contributed by atoms with E-state index in [1.54, 1.807) is 12.1 Å². The first kappa shape index (κ1) is 18.6. The van der Waals surface area contributed by atoms with Crippen LogP contribution in [0.3, 0.4) is 0 Å². The Hall–Kier alpha value is -2.74. The molecule has 1 saturated heterocycles. The zero-order valence-electron chi connectivity index (χ0n) is 15.8. The number of carbonyl (C=O) groups is 2. The van der Waals surface area contributed by atoms with Gasteiger partial charge in [0.05, 0.1) is 0 Å². The summed E-state index contributed by atoms with van der Waals surface area (Å²) < 4.78 is 0. The number of carbonyl (C=O) groups excluding carboxylic acids is 2. The molecular formula is C21H25N5O2. The van der Waals surface area contributed by atoms with Crippen molar-refractivity contribution in [3.63, 3.8) is 0 Å². The molecule has 1 aliphatic heterocycles. The summed E-state index contributed by atoms with van der Waals surface area (Å²) in [6.45, 7) is 1.95. The van der Waals surface area contributed by atoms with Crippen molar-refractivity contribution in [3.05, 3.63) is 59.7 Å². The highest BCUT2D eigenvalue weighted by Gasteiger charge is 2.36. The molecule has 3 unspecified atom stereocenters. The lowest BCUT2D eigenvalue weighted by molar-refractivity contribution is -0.121. The van der Waals surface area contributed by atoms with E-state index >= 15 is 0 Å². The van der Waals surface area contributed by atoms with E-state index < -0.39 is 0 Å². The average Bonchev–Trinajstić information content (AvgIpc) is 3.19. The van der Waals surface area contributed by atoms with Gasteiger partial charge in [-0.1, -0.05) is 24.3 Å². The van der Waals surface area contributed by atoms with Gasteiger partial charge in [0, 0.05) is 34.9 Å². The first-order chi connectivity index (χ1) is 13.6. The Kier molecular flexibility index (Phi) is 5.38. The smallest absolute Gasteiger partial charge is 0.255 e. The highest BCUT2D eigenvalue weighted by molar-refractivity contribution is 6.04. The van der Waals surface area contributed by atoms with Gasteiger partial charge in [0.15, 0.2) is 0 Å². The number of benzene rings is 2. The van der Waals surface area contributed by atoms with E-state index in [4.69, 9.17) is 0 Å². The molecule has 0 spiro atoms. The highest BCUT2D eigenvalue weighted by Crippen LogP contribution is 2.28. The Morgan fingerprint density at radius 2 is 1.75 bits per heavy atom. The van der Waals surface area contributed by atoms with Crippen molar-refractivity contribution in [1.29, 1.82) is 0 Å². The molecule has 4 rings (SSSR count). The van der Waals surface area contributed by atoms with Gasteiger partial charge in [-0.05, 0) is 56.0 Å². The molecule has 2 amide bonds. The average molecular weight is 379 g/mol. The van der Waals surface area contributed by atoms with E-state index in [1.165, 1.54) is 0 Å². The molecule has 1 heterocycles. The standard InChI is InChI=1S/C21H25N5O2/c1-13-7-9-16(22-20(27)14-5-3-2-4-6-14)12-18(13)23-21(28)15-8-10-17-19(11-15)25-26-24-17/h2-7,9,12,15,17,19,24-26H,8,10-11H2,1H3,(H,22,27)(H,23,28). The summed E-state index contributed by atoms with van der Waals surface area (Å²) in [4.78, 5) is 25.2. The summed E-state index contributed by atoms with van der Waals surface area (Å²) in [5.41, 5.74) is 12.3. The Morgan fingerprint density at radius 3 is 2.57 bits per heavy atom. The van der Waals surface area contributed by atoms with Crippen LogP contribution in [-0.4, -0.2) is 23.9 Å². The number of nitrogens with one attached hydrogen (secondary N) is 5. The minimum Gasteiger partial charge on any atom is -0.326 e. The molecule has 2 aromatic rings. The van der Waals surface area contributed by atoms with Gasteiger partial charge in [-0.25, -0.2) is 10.9 Å². The summed E-state index contributed by atoms with van der Waals surface area (Å²) in [5, 5.41) is 5.95. The molecule has 0 radical (unpaired) electrons. The second-order valence-electron chi connectivity index (χ2n) is 7.48. The first-order valence-corrected chi connectivity index (χ1v) is 9.64. The van der Waals surface area contributed by atoms with Crippen LogP contribution in [-0.2, 0) is 4.79 Å². The fourth-order valence-corrected chi connectivity index (χ4v) is 3.83. The van der Waals surface area contributed by atoms with E-state index in [0.29, 0.717) is 17.3 Å². The maximum Gasteiger partial charge on any atom is 0.255 e. The maximum absolute atomic E-state index is 12.8. The zero-order chi connectivity index (χ0) is 19.5. The SMILES string of the molecule is Cc1ccc(NC(=O)c2ccccc2)cc1NC(=O)C1CCC2NNNC2C1. The van der Waals surface area contributed by atoms with Gasteiger partial charge in [0.1, 0.15) is 0 Å². The number of anilines is 2. The first-order valence-electron chi connectivity index (χ1n) is 9.64. The van der Waals surface area contributed by atoms with E-state index in [9.17, 15) is 9.59 Å². The number of hydrogen-bond acceptors (Lipinski definition) is 5. The van der Waals surface area contributed by atoms with Crippen molar-refractivity contribution < 1.29 is 9.59 Å². The van der Waals surface area contributed by atoms with Crippen LogP contribution in [0.2, 0.25) is 0 Å². The molecule has 0 bridgehead atoms. The monoisotopic (exact) mass is 379 g/mol. The van der Waals surface area contributed by atoms with Crippen molar-refractivity contribution in [3.8, 4) is 0 Å². The van der Waals surface area contributed by atoms with Crippen molar-refractivity contribution in [2.75, 3.05) is 10.6 Å². The minimum absolute atomic E-state index is 0.0294.